The maximum Gasteiger partial charge on any atom is 0.123 e. The molecular weight excluding hydrogens is 224 g/mol. The minimum atomic E-state index is 0.577. The van der Waals surface area contributed by atoms with E-state index in [2.05, 4.69) is 23.1 Å². The molecule has 0 aliphatic carbocycles. The Morgan fingerprint density at radius 2 is 2.11 bits per heavy atom. The summed E-state index contributed by atoms with van der Waals surface area (Å²) >= 11 is 0. The van der Waals surface area contributed by atoms with Crippen molar-refractivity contribution < 1.29 is 4.74 Å². The summed E-state index contributed by atoms with van der Waals surface area (Å²) in [6.07, 6.45) is 6.67. The topological polar surface area (TPSA) is 38.5 Å². The summed E-state index contributed by atoms with van der Waals surface area (Å²) in [7, 11) is 1.73. The molecule has 0 bridgehead atoms. The predicted octanol–water partition coefficient (Wildman–Crippen LogP) is 2.26. The quantitative estimate of drug-likeness (QED) is 0.866. The number of hydrogen-bond donors (Lipinski definition) is 1. The van der Waals surface area contributed by atoms with Crippen molar-refractivity contribution >= 4 is 6.08 Å². The van der Waals surface area contributed by atoms with Crippen LogP contribution in [-0.2, 0) is 6.54 Å². The minimum absolute atomic E-state index is 0.577. The molecule has 1 aliphatic heterocycles. The van der Waals surface area contributed by atoms with Crippen molar-refractivity contribution in [3.63, 3.8) is 0 Å². The summed E-state index contributed by atoms with van der Waals surface area (Å²) in [5, 5.41) is 0. The monoisotopic (exact) mass is 246 g/mol. The van der Waals surface area contributed by atoms with Crippen LogP contribution in [0.5, 0.6) is 5.75 Å². The molecule has 0 unspecified atom stereocenters. The highest BCUT2D eigenvalue weighted by atomic mass is 16.5. The van der Waals surface area contributed by atoms with Gasteiger partial charge < -0.3 is 10.5 Å². The van der Waals surface area contributed by atoms with Crippen molar-refractivity contribution in [2.45, 2.75) is 19.4 Å². The number of likely N-dealkylation sites (tertiary alicyclic amines) is 1. The van der Waals surface area contributed by atoms with E-state index >= 15 is 0 Å². The number of nitrogens with two attached hydrogens (primary N) is 1. The van der Waals surface area contributed by atoms with Gasteiger partial charge in [0.05, 0.1) is 7.11 Å². The van der Waals surface area contributed by atoms with E-state index in [-0.39, 0.29) is 0 Å². The fraction of sp³-hybridized carbons (Fsp3) is 0.467. The summed E-state index contributed by atoms with van der Waals surface area (Å²) in [4.78, 5) is 2.48. The molecule has 0 aromatic heterocycles. The van der Waals surface area contributed by atoms with E-state index in [1.54, 1.807) is 7.11 Å². The van der Waals surface area contributed by atoms with Crippen molar-refractivity contribution in [1.82, 2.24) is 4.90 Å². The van der Waals surface area contributed by atoms with Gasteiger partial charge in [0.25, 0.3) is 0 Å². The molecular formula is C15H22N2O. The molecule has 1 aromatic rings. The highest BCUT2D eigenvalue weighted by Gasteiger charge is 2.14. The standard InChI is InChI=1S/C15H22N2O/c1-18-15-7-6-13(5-4-8-16)11-14(15)12-17-9-2-3-10-17/h4-7,11H,2-3,8-10,12,16H2,1H3/b5-4+. The average Bonchev–Trinajstić information content (AvgIpc) is 2.89. The first-order valence-corrected chi connectivity index (χ1v) is 6.59. The zero-order chi connectivity index (χ0) is 12.8. The number of rotatable bonds is 5. The molecule has 0 atom stereocenters. The van der Waals surface area contributed by atoms with Crippen molar-refractivity contribution in [3.05, 3.63) is 35.4 Å². The Morgan fingerprint density at radius 1 is 1.33 bits per heavy atom. The van der Waals surface area contributed by atoms with Crippen LogP contribution in [-0.4, -0.2) is 31.6 Å². The van der Waals surface area contributed by atoms with Gasteiger partial charge in [-0.3, -0.25) is 4.90 Å². The summed E-state index contributed by atoms with van der Waals surface area (Å²) in [5.74, 6) is 0.979. The van der Waals surface area contributed by atoms with Crippen LogP contribution < -0.4 is 10.5 Å². The molecule has 0 spiro atoms. The normalized spacial score (nSPS) is 16.6. The van der Waals surface area contributed by atoms with E-state index in [1.807, 2.05) is 12.1 Å². The molecule has 98 valence electrons. The first-order chi connectivity index (χ1) is 8.83. The molecule has 2 N–H and O–H groups in total. The molecule has 18 heavy (non-hydrogen) atoms. The molecule has 1 aromatic carbocycles. The van der Waals surface area contributed by atoms with Crippen LogP contribution in [0.15, 0.2) is 24.3 Å². The summed E-state index contributed by atoms with van der Waals surface area (Å²) in [5.41, 5.74) is 7.94. The third-order valence-electron chi connectivity index (χ3n) is 3.34. The van der Waals surface area contributed by atoms with Crippen LogP contribution in [0, 0.1) is 0 Å². The molecule has 1 aliphatic rings. The number of ether oxygens (including phenoxy) is 1. The number of benzene rings is 1. The van der Waals surface area contributed by atoms with Gasteiger partial charge in [0.15, 0.2) is 0 Å². The second-order valence-corrected chi connectivity index (χ2v) is 4.69. The van der Waals surface area contributed by atoms with Gasteiger partial charge >= 0.3 is 0 Å². The third kappa shape index (κ3) is 3.34. The van der Waals surface area contributed by atoms with E-state index in [0.29, 0.717) is 6.54 Å². The average molecular weight is 246 g/mol. The smallest absolute Gasteiger partial charge is 0.123 e. The Bertz CT molecular complexity index is 409. The van der Waals surface area contributed by atoms with E-state index in [1.165, 1.54) is 37.1 Å². The van der Waals surface area contributed by atoms with Crippen molar-refractivity contribution in [2.75, 3.05) is 26.7 Å². The Balaban J connectivity index is 2.15. The lowest BCUT2D eigenvalue weighted by atomic mass is 10.1. The lowest BCUT2D eigenvalue weighted by molar-refractivity contribution is 0.321. The molecule has 2 rings (SSSR count). The van der Waals surface area contributed by atoms with Crippen molar-refractivity contribution in [3.8, 4) is 5.75 Å². The van der Waals surface area contributed by atoms with Gasteiger partial charge in [0.1, 0.15) is 5.75 Å². The van der Waals surface area contributed by atoms with Crippen LogP contribution in [0.1, 0.15) is 24.0 Å². The number of methoxy groups -OCH3 is 1. The minimum Gasteiger partial charge on any atom is -0.496 e. The van der Waals surface area contributed by atoms with Gasteiger partial charge in [-0.2, -0.15) is 0 Å². The molecule has 3 nitrogen and oxygen atoms in total. The molecule has 3 heteroatoms. The zero-order valence-electron chi connectivity index (χ0n) is 11.1. The summed E-state index contributed by atoms with van der Waals surface area (Å²) in [6.45, 7) is 3.96. The number of hydrogen-bond acceptors (Lipinski definition) is 3. The summed E-state index contributed by atoms with van der Waals surface area (Å²) < 4.78 is 5.44. The van der Waals surface area contributed by atoms with E-state index in [0.717, 1.165) is 12.3 Å². The van der Waals surface area contributed by atoms with Crippen LogP contribution in [0.3, 0.4) is 0 Å². The lowest BCUT2D eigenvalue weighted by Crippen LogP contribution is -2.18. The Hall–Kier alpha value is -1.32. The Morgan fingerprint density at radius 3 is 2.78 bits per heavy atom. The second-order valence-electron chi connectivity index (χ2n) is 4.69. The van der Waals surface area contributed by atoms with Crippen LogP contribution in [0.4, 0.5) is 0 Å². The molecule has 0 radical (unpaired) electrons. The Labute approximate surface area is 109 Å². The molecule has 1 heterocycles. The SMILES string of the molecule is COc1ccc(/C=C/CN)cc1CN1CCCC1. The highest BCUT2D eigenvalue weighted by molar-refractivity contribution is 5.53. The van der Waals surface area contributed by atoms with Crippen LogP contribution >= 0.6 is 0 Å². The zero-order valence-corrected chi connectivity index (χ0v) is 11.1. The Kier molecular flexibility index (Phi) is 4.79. The largest absolute Gasteiger partial charge is 0.496 e. The third-order valence-corrected chi connectivity index (χ3v) is 3.34. The number of nitrogens with zero attached hydrogens (tertiary/aromatic N) is 1. The molecule has 0 saturated carbocycles. The maximum atomic E-state index is 5.48. The van der Waals surface area contributed by atoms with Crippen molar-refractivity contribution in [1.29, 1.82) is 0 Å². The van der Waals surface area contributed by atoms with E-state index in [4.69, 9.17) is 10.5 Å². The van der Waals surface area contributed by atoms with E-state index < -0.39 is 0 Å². The van der Waals surface area contributed by atoms with Gasteiger partial charge in [0.2, 0.25) is 0 Å². The lowest BCUT2D eigenvalue weighted by Gasteiger charge is -2.17. The molecule has 1 fully saturated rings. The first kappa shape index (κ1) is 13.1. The van der Waals surface area contributed by atoms with Gasteiger partial charge in [0, 0.05) is 18.7 Å². The van der Waals surface area contributed by atoms with Gasteiger partial charge in [-0.1, -0.05) is 18.2 Å². The van der Waals surface area contributed by atoms with Gasteiger partial charge in [-0.15, -0.1) is 0 Å². The summed E-state index contributed by atoms with van der Waals surface area (Å²) in [6, 6.07) is 6.31. The highest BCUT2D eigenvalue weighted by Crippen LogP contribution is 2.23. The molecule has 1 saturated heterocycles. The molecule has 0 amide bonds. The fourth-order valence-corrected chi connectivity index (χ4v) is 2.41. The first-order valence-electron chi connectivity index (χ1n) is 6.59. The van der Waals surface area contributed by atoms with Gasteiger partial charge in [-0.05, 0) is 43.6 Å². The van der Waals surface area contributed by atoms with E-state index in [9.17, 15) is 0 Å². The fourth-order valence-electron chi connectivity index (χ4n) is 2.41. The second kappa shape index (κ2) is 6.57. The maximum absolute atomic E-state index is 5.48. The van der Waals surface area contributed by atoms with Crippen molar-refractivity contribution in [2.24, 2.45) is 5.73 Å². The van der Waals surface area contributed by atoms with Gasteiger partial charge in [-0.25, -0.2) is 0 Å². The predicted molar refractivity (Wildman–Crippen MR) is 75.6 cm³/mol. The van der Waals surface area contributed by atoms with Crippen LogP contribution in [0.2, 0.25) is 0 Å². The van der Waals surface area contributed by atoms with Crippen LogP contribution in [0.25, 0.3) is 6.08 Å².